The van der Waals surface area contributed by atoms with Crippen molar-refractivity contribution in [1.29, 1.82) is 0 Å². The highest BCUT2D eigenvalue weighted by Gasteiger charge is 2.51. The fourth-order valence-electron chi connectivity index (χ4n) is 5.14. The van der Waals surface area contributed by atoms with Gasteiger partial charge in [0.1, 0.15) is 0 Å². The van der Waals surface area contributed by atoms with Crippen molar-refractivity contribution < 1.29 is 14.0 Å². The Kier molecular flexibility index (Phi) is 6.87. The summed E-state index contributed by atoms with van der Waals surface area (Å²) in [5.74, 6) is -0.810. The predicted molar refractivity (Wildman–Crippen MR) is 140 cm³/mol. The minimum atomic E-state index is -2.74. The van der Waals surface area contributed by atoms with Gasteiger partial charge in [0.25, 0.3) is 14.2 Å². The van der Waals surface area contributed by atoms with E-state index in [0.29, 0.717) is 13.0 Å². The van der Waals surface area contributed by atoms with Gasteiger partial charge in [-0.2, -0.15) is 0 Å². The molecule has 1 atom stereocenters. The van der Waals surface area contributed by atoms with Gasteiger partial charge in [-0.1, -0.05) is 107 Å². The van der Waals surface area contributed by atoms with Crippen LogP contribution in [0, 0.1) is 0 Å². The van der Waals surface area contributed by atoms with Gasteiger partial charge in [0, 0.05) is 12.1 Å². The van der Waals surface area contributed by atoms with Gasteiger partial charge < -0.3 is 4.43 Å². The van der Waals surface area contributed by atoms with Crippen LogP contribution in [0.4, 0.5) is 5.69 Å². The number of benzene rings is 3. The lowest BCUT2D eigenvalue weighted by Gasteiger charge is -2.44. The standard InChI is InChI=1S/C29H33NO3Si/c1-5-27(31)28(32)30-23(20-22-14-12-13-19-26(22)30)21-33-34(29(2,3)4,24-15-8-6-9-16-24)25-17-10-7-11-18-25/h6-19,23H,5,20-21H2,1-4H3/t23-/m0/s1. The summed E-state index contributed by atoms with van der Waals surface area (Å²) in [5.41, 5.74) is 1.90. The van der Waals surface area contributed by atoms with Crippen LogP contribution in [-0.2, 0) is 20.4 Å². The number of para-hydroxylation sites is 1. The Morgan fingerprint density at radius 2 is 1.41 bits per heavy atom. The van der Waals surface area contributed by atoms with Gasteiger partial charge in [0.05, 0.1) is 12.6 Å². The summed E-state index contributed by atoms with van der Waals surface area (Å²) in [6.07, 6.45) is 0.872. The smallest absolute Gasteiger partial charge is 0.294 e. The highest BCUT2D eigenvalue weighted by atomic mass is 28.4. The normalized spacial score (nSPS) is 15.8. The Labute approximate surface area is 203 Å². The highest BCUT2D eigenvalue weighted by molar-refractivity contribution is 6.99. The van der Waals surface area contributed by atoms with E-state index >= 15 is 0 Å². The Hall–Kier alpha value is -3.02. The van der Waals surface area contributed by atoms with Gasteiger partial charge in [-0.3, -0.25) is 14.5 Å². The first-order chi connectivity index (χ1) is 16.3. The second-order valence-corrected chi connectivity index (χ2v) is 14.2. The van der Waals surface area contributed by atoms with Crippen LogP contribution in [0.2, 0.25) is 5.04 Å². The third kappa shape index (κ3) is 4.26. The molecule has 176 valence electrons. The number of anilines is 1. The summed E-state index contributed by atoms with van der Waals surface area (Å²) in [4.78, 5) is 27.3. The van der Waals surface area contributed by atoms with Crippen molar-refractivity contribution in [2.45, 2.75) is 51.6 Å². The fraction of sp³-hybridized carbons (Fsp3) is 0.310. The Morgan fingerprint density at radius 1 is 0.882 bits per heavy atom. The molecule has 1 heterocycles. The molecule has 4 nitrogen and oxygen atoms in total. The lowest BCUT2D eigenvalue weighted by molar-refractivity contribution is -0.136. The van der Waals surface area contributed by atoms with Crippen LogP contribution in [0.5, 0.6) is 0 Å². The quantitative estimate of drug-likeness (QED) is 0.377. The predicted octanol–water partition coefficient (Wildman–Crippen LogP) is 4.50. The van der Waals surface area contributed by atoms with Crippen LogP contribution >= 0.6 is 0 Å². The maximum absolute atomic E-state index is 13.1. The second kappa shape index (κ2) is 9.69. The van der Waals surface area contributed by atoms with E-state index in [2.05, 4.69) is 69.3 Å². The van der Waals surface area contributed by atoms with E-state index in [1.807, 2.05) is 36.4 Å². The molecule has 0 N–H and O–H groups in total. The van der Waals surface area contributed by atoms with Gasteiger partial charge in [-0.15, -0.1) is 0 Å². The molecule has 0 unspecified atom stereocenters. The molecule has 0 saturated carbocycles. The second-order valence-electron chi connectivity index (χ2n) is 9.91. The molecule has 3 aromatic carbocycles. The number of nitrogens with zero attached hydrogens (tertiary/aromatic N) is 1. The van der Waals surface area contributed by atoms with E-state index in [-0.39, 0.29) is 23.3 Å². The molecule has 0 saturated heterocycles. The molecule has 0 aromatic heterocycles. The number of amides is 1. The van der Waals surface area contributed by atoms with E-state index in [9.17, 15) is 9.59 Å². The monoisotopic (exact) mass is 471 g/mol. The maximum atomic E-state index is 13.1. The number of hydrogen-bond donors (Lipinski definition) is 0. The number of rotatable bonds is 7. The molecule has 0 aliphatic carbocycles. The number of hydrogen-bond acceptors (Lipinski definition) is 3. The molecule has 34 heavy (non-hydrogen) atoms. The number of Topliss-reactive ketones (excluding diaryl/α,β-unsaturated/α-hetero) is 1. The van der Waals surface area contributed by atoms with Gasteiger partial charge in [-0.25, -0.2) is 0 Å². The zero-order valence-corrected chi connectivity index (χ0v) is 21.5. The first kappa shape index (κ1) is 24.1. The van der Waals surface area contributed by atoms with Crippen molar-refractivity contribution >= 4 is 36.1 Å². The summed E-state index contributed by atoms with van der Waals surface area (Å²) in [7, 11) is -2.74. The number of fused-ring (bicyclic) bond motifs is 1. The molecule has 1 aliphatic rings. The minimum absolute atomic E-state index is 0.158. The van der Waals surface area contributed by atoms with Crippen LogP contribution in [0.25, 0.3) is 0 Å². The first-order valence-corrected chi connectivity index (χ1v) is 13.9. The van der Waals surface area contributed by atoms with E-state index in [1.165, 1.54) is 10.4 Å². The van der Waals surface area contributed by atoms with Crippen LogP contribution in [-0.4, -0.2) is 32.7 Å². The Bertz CT molecular complexity index is 1120. The molecule has 1 aliphatic heterocycles. The molecular formula is C29H33NO3Si. The van der Waals surface area contributed by atoms with Gasteiger partial charge in [-0.05, 0) is 33.5 Å². The van der Waals surface area contributed by atoms with Gasteiger partial charge >= 0.3 is 0 Å². The van der Waals surface area contributed by atoms with Gasteiger partial charge in [0.2, 0.25) is 5.78 Å². The summed E-state index contributed by atoms with van der Waals surface area (Å²) in [5, 5.41) is 2.24. The van der Waals surface area contributed by atoms with Crippen LogP contribution in [0.3, 0.4) is 0 Å². The third-order valence-corrected chi connectivity index (χ3v) is 11.8. The van der Waals surface area contributed by atoms with Crippen molar-refractivity contribution in [3.63, 3.8) is 0 Å². The molecular weight excluding hydrogens is 438 g/mol. The summed E-state index contributed by atoms with van der Waals surface area (Å²) >= 11 is 0. The molecule has 0 radical (unpaired) electrons. The third-order valence-electron chi connectivity index (χ3n) is 6.76. The zero-order valence-electron chi connectivity index (χ0n) is 20.5. The molecule has 4 rings (SSSR count). The molecule has 1 amide bonds. The van der Waals surface area contributed by atoms with Crippen LogP contribution in [0.15, 0.2) is 84.9 Å². The van der Waals surface area contributed by atoms with Crippen molar-refractivity contribution in [2.24, 2.45) is 0 Å². The van der Waals surface area contributed by atoms with E-state index < -0.39 is 14.2 Å². The van der Waals surface area contributed by atoms with Crippen LogP contribution < -0.4 is 15.3 Å². The molecule has 3 aromatic rings. The minimum Gasteiger partial charge on any atom is -0.405 e. The van der Waals surface area contributed by atoms with Gasteiger partial charge in [0.15, 0.2) is 0 Å². The average Bonchev–Trinajstić information content (AvgIpc) is 3.22. The molecule has 0 spiro atoms. The van der Waals surface area contributed by atoms with Crippen LogP contribution in [0.1, 0.15) is 39.7 Å². The topological polar surface area (TPSA) is 46.6 Å². The SMILES string of the molecule is CCC(=O)C(=O)N1c2ccccc2C[C@H]1CO[Si](c1ccccc1)(c1ccccc1)C(C)(C)C. The van der Waals surface area contributed by atoms with Crippen molar-refractivity contribution in [2.75, 3.05) is 11.5 Å². The maximum Gasteiger partial charge on any atom is 0.294 e. The molecule has 5 heteroatoms. The highest BCUT2D eigenvalue weighted by Crippen LogP contribution is 2.38. The zero-order chi connectivity index (χ0) is 24.3. The van der Waals surface area contributed by atoms with Crippen molar-refractivity contribution in [3.8, 4) is 0 Å². The summed E-state index contributed by atoms with van der Waals surface area (Å²) < 4.78 is 7.11. The summed E-state index contributed by atoms with van der Waals surface area (Å²) in [6, 6.07) is 28.6. The molecule has 0 fully saturated rings. The summed E-state index contributed by atoms with van der Waals surface area (Å²) in [6.45, 7) is 8.82. The lowest BCUT2D eigenvalue weighted by atomic mass is 10.1. The number of ketones is 1. The number of carbonyl (C=O) groups is 2. The first-order valence-electron chi connectivity index (χ1n) is 12.0. The van der Waals surface area contributed by atoms with E-state index in [1.54, 1.807) is 11.8 Å². The number of carbonyl (C=O) groups excluding carboxylic acids is 2. The Balaban J connectivity index is 1.76. The Morgan fingerprint density at radius 3 is 1.94 bits per heavy atom. The fourth-order valence-corrected chi connectivity index (χ4v) is 9.74. The largest absolute Gasteiger partial charge is 0.405 e. The lowest BCUT2D eigenvalue weighted by Crippen LogP contribution is -2.67. The van der Waals surface area contributed by atoms with Crippen molar-refractivity contribution in [1.82, 2.24) is 0 Å². The van der Waals surface area contributed by atoms with Crippen molar-refractivity contribution in [3.05, 3.63) is 90.5 Å². The average molecular weight is 472 g/mol. The van der Waals surface area contributed by atoms with E-state index in [4.69, 9.17) is 4.43 Å². The molecule has 0 bridgehead atoms. The van der Waals surface area contributed by atoms with E-state index in [0.717, 1.165) is 11.3 Å².